The number of likely N-dealkylation sites (tertiary alicyclic amines) is 1. The molecule has 4 nitrogen and oxygen atoms in total. The number of amides is 1. The van der Waals surface area contributed by atoms with Gasteiger partial charge in [0.1, 0.15) is 12.4 Å². The molecular formula is C17H26N2O2. The lowest BCUT2D eigenvalue weighted by Crippen LogP contribution is -2.27. The maximum atomic E-state index is 11.9. The Bertz CT molecular complexity index is 457. The minimum Gasteiger partial charge on any atom is -0.492 e. The smallest absolute Gasteiger partial charge is 0.229 e. The predicted molar refractivity (Wildman–Crippen MR) is 85.7 cm³/mol. The summed E-state index contributed by atoms with van der Waals surface area (Å²) in [6.07, 6.45) is 2.62. The van der Waals surface area contributed by atoms with Gasteiger partial charge in [-0.2, -0.15) is 0 Å². The number of nitrogens with one attached hydrogen (secondary N) is 1. The third-order valence-electron chi connectivity index (χ3n) is 3.67. The van der Waals surface area contributed by atoms with Gasteiger partial charge in [-0.05, 0) is 50.2 Å². The Labute approximate surface area is 127 Å². The van der Waals surface area contributed by atoms with Crippen LogP contribution in [0.4, 0.5) is 5.69 Å². The van der Waals surface area contributed by atoms with Gasteiger partial charge < -0.3 is 10.1 Å². The zero-order valence-corrected chi connectivity index (χ0v) is 13.3. The minimum absolute atomic E-state index is 0.0187. The van der Waals surface area contributed by atoms with Crippen molar-refractivity contribution in [2.45, 2.75) is 33.6 Å². The highest BCUT2D eigenvalue weighted by Gasteiger charge is 2.21. The van der Waals surface area contributed by atoms with Gasteiger partial charge in [0.25, 0.3) is 0 Å². The molecule has 0 spiro atoms. The van der Waals surface area contributed by atoms with E-state index >= 15 is 0 Å². The molecule has 2 rings (SSSR count). The van der Waals surface area contributed by atoms with Crippen LogP contribution < -0.4 is 10.1 Å². The molecule has 1 saturated heterocycles. The summed E-state index contributed by atoms with van der Waals surface area (Å²) in [5, 5.41) is 2.91. The second-order valence-electron chi connectivity index (χ2n) is 6.63. The number of hydrogen-bond acceptors (Lipinski definition) is 3. The van der Waals surface area contributed by atoms with E-state index in [4.69, 9.17) is 4.74 Å². The molecule has 1 N–H and O–H groups in total. The van der Waals surface area contributed by atoms with Crippen LogP contribution in [0.15, 0.2) is 24.3 Å². The van der Waals surface area contributed by atoms with E-state index in [1.165, 1.54) is 25.9 Å². The molecule has 21 heavy (non-hydrogen) atoms. The van der Waals surface area contributed by atoms with Gasteiger partial charge in [-0.15, -0.1) is 0 Å². The lowest BCUT2D eigenvalue weighted by atomic mass is 9.95. The molecule has 0 aliphatic carbocycles. The van der Waals surface area contributed by atoms with Gasteiger partial charge >= 0.3 is 0 Å². The summed E-state index contributed by atoms with van der Waals surface area (Å²) in [4.78, 5) is 14.3. The first-order valence-electron chi connectivity index (χ1n) is 7.72. The number of anilines is 1. The largest absolute Gasteiger partial charge is 0.492 e. The van der Waals surface area contributed by atoms with Crippen molar-refractivity contribution in [3.05, 3.63) is 24.3 Å². The quantitative estimate of drug-likeness (QED) is 0.905. The van der Waals surface area contributed by atoms with Crippen LogP contribution in [0.1, 0.15) is 33.6 Å². The van der Waals surface area contributed by atoms with Gasteiger partial charge in [0.05, 0.1) is 0 Å². The lowest BCUT2D eigenvalue weighted by Gasteiger charge is -2.18. The molecule has 1 aromatic carbocycles. The fourth-order valence-corrected chi connectivity index (χ4v) is 2.25. The molecule has 1 fully saturated rings. The van der Waals surface area contributed by atoms with E-state index in [1.54, 1.807) is 0 Å². The monoisotopic (exact) mass is 290 g/mol. The van der Waals surface area contributed by atoms with Crippen LogP contribution in [0.5, 0.6) is 5.75 Å². The highest BCUT2D eigenvalue weighted by Crippen LogP contribution is 2.20. The number of hydrogen-bond donors (Lipinski definition) is 1. The van der Waals surface area contributed by atoms with Crippen molar-refractivity contribution in [3.63, 3.8) is 0 Å². The van der Waals surface area contributed by atoms with E-state index in [-0.39, 0.29) is 11.3 Å². The number of ether oxygens (including phenoxy) is 1. The van der Waals surface area contributed by atoms with Gasteiger partial charge in [-0.3, -0.25) is 9.69 Å². The first-order chi connectivity index (χ1) is 9.95. The SMILES string of the molecule is CC(C)(C)C(=O)Nc1ccc(OCCN2CCCC2)cc1. The van der Waals surface area contributed by atoms with Crippen molar-refractivity contribution >= 4 is 11.6 Å². The molecule has 1 amide bonds. The molecule has 0 atom stereocenters. The van der Waals surface area contributed by atoms with Crippen LogP contribution in [-0.4, -0.2) is 37.0 Å². The molecule has 1 aromatic rings. The van der Waals surface area contributed by atoms with Gasteiger partial charge in [0, 0.05) is 17.6 Å². The normalized spacial score (nSPS) is 16.0. The van der Waals surface area contributed by atoms with Crippen molar-refractivity contribution < 1.29 is 9.53 Å². The van der Waals surface area contributed by atoms with Crippen LogP contribution in [0.3, 0.4) is 0 Å². The van der Waals surface area contributed by atoms with E-state index in [2.05, 4.69) is 10.2 Å². The van der Waals surface area contributed by atoms with Crippen LogP contribution in [0.2, 0.25) is 0 Å². The van der Waals surface area contributed by atoms with E-state index in [1.807, 2.05) is 45.0 Å². The number of benzene rings is 1. The zero-order chi connectivity index (χ0) is 15.3. The van der Waals surface area contributed by atoms with Crippen molar-refractivity contribution in [3.8, 4) is 5.75 Å². The minimum atomic E-state index is -0.384. The van der Waals surface area contributed by atoms with Crippen LogP contribution in [0, 0.1) is 5.41 Å². The summed E-state index contributed by atoms with van der Waals surface area (Å²) in [5.74, 6) is 0.869. The topological polar surface area (TPSA) is 41.6 Å². The predicted octanol–water partition coefficient (Wildman–Crippen LogP) is 3.15. The lowest BCUT2D eigenvalue weighted by molar-refractivity contribution is -0.123. The maximum absolute atomic E-state index is 11.9. The molecule has 0 saturated carbocycles. The Hall–Kier alpha value is -1.55. The van der Waals surface area contributed by atoms with E-state index in [0.29, 0.717) is 6.61 Å². The highest BCUT2D eigenvalue weighted by molar-refractivity contribution is 5.94. The fourth-order valence-electron chi connectivity index (χ4n) is 2.25. The number of carbonyl (C=O) groups is 1. The van der Waals surface area contributed by atoms with Gasteiger partial charge in [0.15, 0.2) is 0 Å². The average Bonchev–Trinajstić information content (AvgIpc) is 2.93. The summed E-state index contributed by atoms with van der Waals surface area (Å²) in [6, 6.07) is 7.58. The van der Waals surface area contributed by atoms with Gasteiger partial charge in [0.2, 0.25) is 5.91 Å². The molecule has 1 aliphatic rings. The molecule has 4 heteroatoms. The third-order valence-corrected chi connectivity index (χ3v) is 3.67. The number of carbonyl (C=O) groups excluding carboxylic acids is 1. The Morgan fingerprint density at radius 3 is 2.38 bits per heavy atom. The van der Waals surface area contributed by atoms with Crippen molar-refractivity contribution in [1.82, 2.24) is 4.90 Å². The molecule has 0 bridgehead atoms. The summed E-state index contributed by atoms with van der Waals surface area (Å²) in [7, 11) is 0. The second-order valence-corrected chi connectivity index (χ2v) is 6.63. The summed E-state index contributed by atoms with van der Waals surface area (Å²) in [5.41, 5.74) is 0.423. The number of nitrogens with zero attached hydrogens (tertiary/aromatic N) is 1. The molecular weight excluding hydrogens is 264 g/mol. The zero-order valence-electron chi connectivity index (χ0n) is 13.3. The summed E-state index contributed by atoms with van der Waals surface area (Å²) >= 11 is 0. The Balaban J connectivity index is 1.77. The molecule has 1 aliphatic heterocycles. The maximum Gasteiger partial charge on any atom is 0.229 e. The summed E-state index contributed by atoms with van der Waals surface area (Å²) < 4.78 is 5.74. The van der Waals surface area contributed by atoms with Gasteiger partial charge in [-0.1, -0.05) is 20.8 Å². The Kier molecular flexibility index (Phi) is 5.23. The van der Waals surface area contributed by atoms with E-state index < -0.39 is 0 Å². The van der Waals surface area contributed by atoms with Gasteiger partial charge in [-0.25, -0.2) is 0 Å². The number of rotatable bonds is 5. The highest BCUT2D eigenvalue weighted by atomic mass is 16.5. The van der Waals surface area contributed by atoms with Crippen molar-refractivity contribution in [1.29, 1.82) is 0 Å². The van der Waals surface area contributed by atoms with Crippen molar-refractivity contribution in [2.75, 3.05) is 31.6 Å². The summed E-state index contributed by atoms with van der Waals surface area (Å²) in [6.45, 7) is 9.80. The average molecular weight is 290 g/mol. The van der Waals surface area contributed by atoms with E-state index in [0.717, 1.165) is 18.0 Å². The Morgan fingerprint density at radius 1 is 1.19 bits per heavy atom. The molecule has 0 aromatic heterocycles. The fraction of sp³-hybridized carbons (Fsp3) is 0.588. The molecule has 116 valence electrons. The first-order valence-corrected chi connectivity index (χ1v) is 7.72. The third kappa shape index (κ3) is 5.05. The van der Waals surface area contributed by atoms with Crippen LogP contribution in [-0.2, 0) is 4.79 Å². The first kappa shape index (κ1) is 15.8. The van der Waals surface area contributed by atoms with Crippen molar-refractivity contribution in [2.24, 2.45) is 5.41 Å². The Morgan fingerprint density at radius 2 is 1.81 bits per heavy atom. The van der Waals surface area contributed by atoms with Crippen LogP contribution >= 0.6 is 0 Å². The molecule has 0 unspecified atom stereocenters. The second kappa shape index (κ2) is 6.94. The molecule has 0 radical (unpaired) electrons. The van der Waals surface area contributed by atoms with E-state index in [9.17, 15) is 4.79 Å². The molecule has 1 heterocycles. The van der Waals surface area contributed by atoms with Crippen LogP contribution in [0.25, 0.3) is 0 Å². The standard InChI is InChI=1S/C17H26N2O2/c1-17(2,3)16(20)18-14-6-8-15(9-7-14)21-13-12-19-10-4-5-11-19/h6-9H,4-5,10-13H2,1-3H3,(H,18,20).